The van der Waals surface area contributed by atoms with Crippen molar-refractivity contribution >= 4 is 29.0 Å². The van der Waals surface area contributed by atoms with Crippen LogP contribution >= 0.6 is 11.6 Å². The van der Waals surface area contributed by atoms with Gasteiger partial charge in [-0.25, -0.2) is 0 Å². The third kappa shape index (κ3) is 1.90. The predicted octanol–water partition coefficient (Wildman–Crippen LogP) is 1.30. The number of carbonyl (C=O) groups is 2. The van der Waals surface area contributed by atoms with Crippen molar-refractivity contribution in [1.82, 2.24) is 15.0 Å². The summed E-state index contributed by atoms with van der Waals surface area (Å²) in [5, 5.41) is 7.95. The molecule has 3 rings (SSSR count). The second-order valence-corrected chi connectivity index (χ2v) is 4.57. The maximum Gasteiger partial charge on any atom is 0.299 e. The first-order valence-electron chi connectivity index (χ1n) is 5.44. The van der Waals surface area contributed by atoms with Crippen molar-refractivity contribution in [1.29, 1.82) is 0 Å². The number of hydrogen-bond donors (Lipinski definition) is 0. The molecular weight excluding hydrogens is 268 g/mol. The monoisotopic (exact) mass is 275 g/mol. The summed E-state index contributed by atoms with van der Waals surface area (Å²) in [7, 11) is 3.56. The van der Waals surface area contributed by atoms with Crippen LogP contribution in [0.5, 0.6) is 0 Å². The molecule has 1 aromatic carbocycles. The van der Waals surface area contributed by atoms with Crippen molar-refractivity contribution in [2.24, 2.45) is 0 Å². The number of anilines is 1. The van der Waals surface area contributed by atoms with Gasteiger partial charge in [0.05, 0.1) is 31.0 Å². The molecule has 0 fully saturated rings. The van der Waals surface area contributed by atoms with Crippen LogP contribution in [0.2, 0.25) is 5.02 Å². The standard InChI is InChI=1S/C12H8ClN4O2/c1-16-5-8(14-15-16)6-17-10-3-2-7(13)4-9(10)11(18)12(17)19/h2-5H,1,6H2. The van der Waals surface area contributed by atoms with E-state index in [2.05, 4.69) is 17.4 Å². The van der Waals surface area contributed by atoms with Gasteiger partial charge in [0.2, 0.25) is 0 Å². The minimum Gasteiger partial charge on any atom is -0.299 e. The molecule has 0 saturated heterocycles. The Labute approximate surface area is 113 Å². The minimum atomic E-state index is -0.587. The highest BCUT2D eigenvalue weighted by Crippen LogP contribution is 2.32. The Morgan fingerprint density at radius 1 is 1.32 bits per heavy atom. The fourth-order valence-electron chi connectivity index (χ4n) is 2.00. The number of halogens is 1. The average molecular weight is 276 g/mol. The van der Waals surface area contributed by atoms with Crippen LogP contribution in [0.15, 0.2) is 24.4 Å². The summed E-state index contributed by atoms with van der Waals surface area (Å²) in [4.78, 5) is 25.2. The normalized spacial score (nSPS) is 14.1. The van der Waals surface area contributed by atoms with Crippen molar-refractivity contribution in [3.8, 4) is 0 Å². The van der Waals surface area contributed by atoms with Gasteiger partial charge in [-0.3, -0.25) is 19.2 Å². The Hall–Kier alpha value is -2.21. The summed E-state index contributed by atoms with van der Waals surface area (Å²) in [6, 6.07) is 4.78. The summed E-state index contributed by atoms with van der Waals surface area (Å²) in [5.41, 5.74) is 1.41. The largest absolute Gasteiger partial charge is 0.299 e. The molecule has 1 radical (unpaired) electrons. The van der Waals surface area contributed by atoms with Crippen LogP contribution in [0.4, 0.5) is 5.69 Å². The van der Waals surface area contributed by atoms with Gasteiger partial charge in [0.15, 0.2) is 0 Å². The molecule has 0 spiro atoms. The third-order valence-electron chi connectivity index (χ3n) is 2.84. The zero-order valence-corrected chi connectivity index (χ0v) is 10.5. The Balaban J connectivity index is 1.99. The lowest BCUT2D eigenvalue weighted by molar-refractivity contribution is -0.114. The molecule has 2 aromatic rings. The van der Waals surface area contributed by atoms with Gasteiger partial charge in [-0.1, -0.05) is 16.8 Å². The number of hydrogen-bond acceptors (Lipinski definition) is 4. The predicted molar refractivity (Wildman–Crippen MR) is 67.7 cm³/mol. The first-order valence-corrected chi connectivity index (χ1v) is 5.82. The molecule has 2 heterocycles. The van der Waals surface area contributed by atoms with Gasteiger partial charge in [0.25, 0.3) is 11.7 Å². The van der Waals surface area contributed by atoms with E-state index in [1.807, 2.05) is 0 Å². The van der Waals surface area contributed by atoms with Crippen LogP contribution < -0.4 is 4.90 Å². The fraction of sp³-hybridized carbons (Fsp3) is 0.0833. The highest BCUT2D eigenvalue weighted by Gasteiger charge is 2.36. The van der Waals surface area contributed by atoms with E-state index >= 15 is 0 Å². The fourth-order valence-corrected chi connectivity index (χ4v) is 2.17. The molecule has 19 heavy (non-hydrogen) atoms. The van der Waals surface area contributed by atoms with E-state index in [1.54, 1.807) is 18.3 Å². The number of nitrogens with zero attached hydrogens (tertiary/aromatic N) is 4. The maximum atomic E-state index is 11.9. The SMILES string of the molecule is [CH2]n1cc(CN2C(=O)C(=O)c3cc(Cl)ccc32)nn1. The smallest absolute Gasteiger partial charge is 0.299 e. The molecule has 95 valence electrons. The summed E-state index contributed by atoms with van der Waals surface area (Å²) in [5.74, 6) is -1.14. The molecule has 0 atom stereocenters. The van der Waals surface area contributed by atoms with Crippen LogP contribution in [0, 0.1) is 7.05 Å². The van der Waals surface area contributed by atoms with Crippen LogP contribution in [0.25, 0.3) is 0 Å². The molecule has 7 heteroatoms. The Kier molecular flexibility index (Phi) is 2.60. The van der Waals surface area contributed by atoms with Crippen LogP contribution in [-0.2, 0) is 11.3 Å². The Bertz CT molecular complexity index is 695. The van der Waals surface area contributed by atoms with E-state index in [1.165, 1.54) is 15.6 Å². The van der Waals surface area contributed by atoms with Gasteiger partial charge >= 0.3 is 0 Å². The lowest BCUT2D eigenvalue weighted by Gasteiger charge is -2.14. The van der Waals surface area contributed by atoms with E-state index in [4.69, 9.17) is 11.6 Å². The summed E-state index contributed by atoms with van der Waals surface area (Å²) in [6.45, 7) is 0.175. The van der Waals surface area contributed by atoms with Gasteiger partial charge < -0.3 is 0 Å². The van der Waals surface area contributed by atoms with E-state index in [9.17, 15) is 9.59 Å². The second-order valence-electron chi connectivity index (χ2n) is 4.13. The van der Waals surface area contributed by atoms with Crippen molar-refractivity contribution in [2.45, 2.75) is 6.54 Å². The maximum absolute atomic E-state index is 11.9. The molecule has 1 amide bonds. The van der Waals surface area contributed by atoms with Crippen LogP contribution in [-0.4, -0.2) is 26.7 Å². The number of carbonyl (C=O) groups excluding carboxylic acids is 2. The molecule has 1 aliphatic heterocycles. The van der Waals surface area contributed by atoms with E-state index in [0.717, 1.165) is 0 Å². The Morgan fingerprint density at radius 2 is 2.11 bits per heavy atom. The molecule has 6 nitrogen and oxygen atoms in total. The highest BCUT2D eigenvalue weighted by molar-refractivity contribution is 6.52. The Morgan fingerprint density at radius 3 is 2.79 bits per heavy atom. The van der Waals surface area contributed by atoms with E-state index in [0.29, 0.717) is 22.0 Å². The number of amides is 1. The summed E-state index contributed by atoms with van der Waals surface area (Å²) in [6.07, 6.45) is 1.59. The van der Waals surface area contributed by atoms with Crippen molar-refractivity contribution in [2.75, 3.05) is 4.90 Å². The number of ketones is 1. The molecule has 1 aromatic heterocycles. The average Bonchev–Trinajstić information content (AvgIpc) is 2.88. The van der Waals surface area contributed by atoms with Crippen molar-refractivity contribution in [3.63, 3.8) is 0 Å². The van der Waals surface area contributed by atoms with Gasteiger partial charge in [-0.05, 0) is 18.2 Å². The molecule has 0 aliphatic carbocycles. The zero-order chi connectivity index (χ0) is 13.6. The molecular formula is C12H8ClN4O2. The highest BCUT2D eigenvalue weighted by atomic mass is 35.5. The molecule has 0 unspecified atom stereocenters. The van der Waals surface area contributed by atoms with Crippen molar-refractivity contribution in [3.05, 3.63) is 47.7 Å². The number of fused-ring (bicyclic) bond motifs is 1. The number of benzene rings is 1. The molecule has 0 bridgehead atoms. The third-order valence-corrected chi connectivity index (χ3v) is 3.07. The molecule has 0 N–H and O–H groups in total. The molecule has 0 saturated carbocycles. The van der Waals surface area contributed by atoms with Crippen LogP contribution in [0.1, 0.15) is 16.1 Å². The topological polar surface area (TPSA) is 68.1 Å². The second kappa shape index (κ2) is 4.17. The minimum absolute atomic E-state index is 0.175. The first kappa shape index (κ1) is 11.9. The van der Waals surface area contributed by atoms with Gasteiger partial charge in [-0.15, -0.1) is 5.10 Å². The first-order chi connectivity index (χ1) is 9.06. The number of aromatic nitrogens is 3. The van der Waals surface area contributed by atoms with Gasteiger partial charge in [0.1, 0.15) is 5.69 Å². The van der Waals surface area contributed by atoms with Gasteiger partial charge in [0, 0.05) is 5.02 Å². The zero-order valence-electron chi connectivity index (χ0n) is 9.71. The van der Waals surface area contributed by atoms with Gasteiger partial charge in [-0.2, -0.15) is 0 Å². The van der Waals surface area contributed by atoms with E-state index in [-0.39, 0.29) is 6.54 Å². The number of Topliss-reactive ketones (excluding diaryl/α,β-unsaturated/α-hetero) is 1. The quantitative estimate of drug-likeness (QED) is 0.775. The number of rotatable bonds is 2. The lowest BCUT2D eigenvalue weighted by Crippen LogP contribution is -2.29. The summed E-state index contributed by atoms with van der Waals surface area (Å²) < 4.78 is 1.29. The van der Waals surface area contributed by atoms with E-state index < -0.39 is 11.7 Å². The van der Waals surface area contributed by atoms with Crippen molar-refractivity contribution < 1.29 is 9.59 Å². The summed E-state index contributed by atoms with van der Waals surface area (Å²) >= 11 is 5.83. The molecule has 1 aliphatic rings. The lowest BCUT2D eigenvalue weighted by atomic mass is 10.1. The van der Waals surface area contributed by atoms with Crippen LogP contribution in [0.3, 0.4) is 0 Å².